The predicted octanol–water partition coefficient (Wildman–Crippen LogP) is 7.59. The van der Waals surface area contributed by atoms with Crippen LogP contribution in [-0.4, -0.2) is 29.1 Å². The van der Waals surface area contributed by atoms with Crippen LogP contribution < -0.4 is 15.0 Å². The molecule has 37 heavy (non-hydrogen) atoms. The molecule has 0 amide bonds. The molecule has 1 heterocycles. The molecule has 0 aliphatic heterocycles. The van der Waals surface area contributed by atoms with Gasteiger partial charge in [-0.2, -0.15) is 9.78 Å². The van der Waals surface area contributed by atoms with Crippen LogP contribution in [0.2, 0.25) is 5.02 Å². The summed E-state index contributed by atoms with van der Waals surface area (Å²) in [6.07, 6.45) is 1.51. The van der Waals surface area contributed by atoms with Crippen LogP contribution >= 0.6 is 27.5 Å². The van der Waals surface area contributed by atoms with Crippen LogP contribution in [0.5, 0.6) is 11.5 Å². The highest BCUT2D eigenvalue weighted by molar-refractivity contribution is 9.10. The number of ether oxygens (including phenoxy) is 2. The number of aryl methyl sites for hydroxylation is 1. The minimum absolute atomic E-state index is 0.0679. The fourth-order valence-electron chi connectivity index (χ4n) is 4.13. The molecule has 192 valence electrons. The Bertz CT molecular complexity index is 1560. The number of nitrogens with zero attached hydrogens (tertiary/aromatic N) is 3. The molecule has 0 saturated carbocycles. The van der Waals surface area contributed by atoms with Gasteiger partial charge in [-0.25, -0.2) is 4.98 Å². The molecule has 4 aromatic rings. The number of para-hydroxylation sites is 1. The molecule has 0 radical (unpaired) electrons. The minimum atomic E-state index is -0.273. The number of hydrogen-bond acceptors (Lipinski definition) is 5. The summed E-state index contributed by atoms with van der Waals surface area (Å²) in [6, 6.07) is 14.8. The van der Waals surface area contributed by atoms with E-state index < -0.39 is 0 Å². The molecule has 0 aliphatic rings. The molecule has 0 spiro atoms. The summed E-state index contributed by atoms with van der Waals surface area (Å²) in [5.41, 5.74) is 3.70. The first-order valence-electron chi connectivity index (χ1n) is 12.0. The summed E-state index contributed by atoms with van der Waals surface area (Å²) in [7, 11) is 1.66. The molecule has 3 aromatic carbocycles. The van der Waals surface area contributed by atoms with Gasteiger partial charge in [0.2, 0.25) is 0 Å². The van der Waals surface area contributed by atoms with Crippen molar-refractivity contribution >= 4 is 44.6 Å². The molecule has 8 heteroatoms. The van der Waals surface area contributed by atoms with Crippen molar-refractivity contribution in [2.75, 3.05) is 7.11 Å². The van der Waals surface area contributed by atoms with E-state index in [1.807, 2.05) is 51.1 Å². The zero-order chi connectivity index (χ0) is 26.9. The van der Waals surface area contributed by atoms with Gasteiger partial charge in [0.05, 0.1) is 34.8 Å². The highest BCUT2D eigenvalue weighted by Crippen LogP contribution is 2.35. The van der Waals surface area contributed by atoms with Crippen LogP contribution in [0.3, 0.4) is 0 Å². The Hall–Kier alpha value is -3.16. The first-order chi connectivity index (χ1) is 17.6. The van der Waals surface area contributed by atoms with E-state index in [-0.39, 0.29) is 17.6 Å². The molecular weight excluding hydrogens is 554 g/mol. The van der Waals surface area contributed by atoms with Crippen LogP contribution in [-0.2, 0) is 0 Å². The molecule has 0 fully saturated rings. The van der Waals surface area contributed by atoms with Gasteiger partial charge in [0.25, 0.3) is 5.56 Å². The van der Waals surface area contributed by atoms with Crippen molar-refractivity contribution in [1.82, 2.24) is 9.66 Å². The number of aromatic nitrogens is 2. The Labute approximate surface area is 230 Å². The molecule has 0 unspecified atom stereocenters. The van der Waals surface area contributed by atoms with Gasteiger partial charge in [-0.1, -0.05) is 37.6 Å². The average Bonchev–Trinajstić information content (AvgIpc) is 2.84. The summed E-state index contributed by atoms with van der Waals surface area (Å²) in [5, 5.41) is 5.63. The summed E-state index contributed by atoms with van der Waals surface area (Å²) < 4.78 is 13.7. The zero-order valence-corrected chi connectivity index (χ0v) is 24.0. The van der Waals surface area contributed by atoms with E-state index in [9.17, 15) is 4.79 Å². The van der Waals surface area contributed by atoms with Gasteiger partial charge in [0.15, 0.2) is 5.82 Å². The standard InChI is InChI=1S/C29H29BrClN3O3/c1-16(2)22-14-23(18(5)11-26(22)36-6)28-33-25-10-8-7-9-21(25)29(35)34(28)32-15-19-12-20(31)13-24(30)27(19)37-17(3)4/h7-17H,1-6H3. The number of benzene rings is 3. The molecule has 4 rings (SSSR count). The van der Waals surface area contributed by atoms with Crippen LogP contribution in [0, 0.1) is 6.92 Å². The zero-order valence-electron chi connectivity index (χ0n) is 21.7. The number of rotatable bonds is 7. The lowest BCUT2D eigenvalue weighted by Gasteiger charge is -2.18. The van der Waals surface area contributed by atoms with Gasteiger partial charge in [0.1, 0.15) is 11.5 Å². The van der Waals surface area contributed by atoms with Crippen molar-refractivity contribution in [3.63, 3.8) is 0 Å². The quantitative estimate of drug-likeness (QED) is 0.211. The molecule has 0 bridgehead atoms. The lowest BCUT2D eigenvalue weighted by molar-refractivity contribution is 0.240. The maximum Gasteiger partial charge on any atom is 0.282 e. The van der Waals surface area contributed by atoms with Crippen molar-refractivity contribution < 1.29 is 9.47 Å². The normalized spacial score (nSPS) is 11.7. The van der Waals surface area contributed by atoms with Gasteiger partial charge in [0, 0.05) is 16.1 Å². The average molecular weight is 583 g/mol. The topological polar surface area (TPSA) is 65.7 Å². The Morgan fingerprint density at radius 1 is 1.11 bits per heavy atom. The first kappa shape index (κ1) is 26.9. The highest BCUT2D eigenvalue weighted by atomic mass is 79.9. The second kappa shape index (κ2) is 11.1. The molecule has 0 N–H and O–H groups in total. The van der Waals surface area contributed by atoms with Gasteiger partial charge < -0.3 is 9.47 Å². The summed E-state index contributed by atoms with van der Waals surface area (Å²) in [5.74, 6) is 2.04. The summed E-state index contributed by atoms with van der Waals surface area (Å²) in [6.45, 7) is 10.1. The van der Waals surface area contributed by atoms with Crippen LogP contribution in [0.25, 0.3) is 22.3 Å². The SMILES string of the molecule is COc1cc(C)c(-c2nc3ccccc3c(=O)n2N=Cc2cc(Cl)cc(Br)c2OC(C)C)cc1C(C)C. The Morgan fingerprint density at radius 2 is 1.84 bits per heavy atom. The molecular formula is C29H29BrClN3O3. The van der Waals surface area contributed by atoms with Crippen LogP contribution in [0.4, 0.5) is 0 Å². The van der Waals surface area contributed by atoms with E-state index in [2.05, 4.69) is 34.9 Å². The van der Waals surface area contributed by atoms with E-state index in [1.165, 1.54) is 4.68 Å². The highest BCUT2D eigenvalue weighted by Gasteiger charge is 2.19. The van der Waals surface area contributed by atoms with Crippen molar-refractivity contribution in [3.05, 3.63) is 85.1 Å². The van der Waals surface area contributed by atoms with Gasteiger partial charge in [-0.15, -0.1) is 0 Å². The molecule has 0 aliphatic carbocycles. The monoisotopic (exact) mass is 581 g/mol. The molecule has 0 saturated heterocycles. The van der Waals surface area contributed by atoms with Crippen molar-refractivity contribution in [3.8, 4) is 22.9 Å². The number of methoxy groups -OCH3 is 1. The van der Waals surface area contributed by atoms with E-state index in [0.717, 1.165) is 22.4 Å². The fourth-order valence-corrected chi connectivity index (χ4v) is 5.06. The number of halogens is 2. The van der Waals surface area contributed by atoms with E-state index in [0.29, 0.717) is 37.5 Å². The van der Waals surface area contributed by atoms with E-state index in [1.54, 1.807) is 31.5 Å². The van der Waals surface area contributed by atoms with E-state index >= 15 is 0 Å². The lowest BCUT2D eigenvalue weighted by atomic mass is 9.96. The van der Waals surface area contributed by atoms with Gasteiger partial charge >= 0.3 is 0 Å². The van der Waals surface area contributed by atoms with Crippen LogP contribution in [0.1, 0.15) is 50.3 Å². The Morgan fingerprint density at radius 3 is 2.51 bits per heavy atom. The maximum absolute atomic E-state index is 13.7. The Balaban J connectivity index is 2.00. The second-order valence-corrected chi connectivity index (χ2v) is 10.6. The largest absolute Gasteiger partial charge is 0.496 e. The summed E-state index contributed by atoms with van der Waals surface area (Å²) in [4.78, 5) is 18.6. The Kier molecular flexibility index (Phi) is 8.05. The predicted molar refractivity (Wildman–Crippen MR) is 155 cm³/mol. The van der Waals surface area contributed by atoms with E-state index in [4.69, 9.17) is 26.1 Å². The lowest BCUT2D eigenvalue weighted by Crippen LogP contribution is -2.21. The third-order valence-electron chi connectivity index (χ3n) is 5.90. The fraction of sp³-hybridized carbons (Fsp3) is 0.276. The molecule has 6 nitrogen and oxygen atoms in total. The first-order valence-corrected chi connectivity index (χ1v) is 13.2. The van der Waals surface area contributed by atoms with Crippen molar-refractivity contribution in [1.29, 1.82) is 0 Å². The smallest absolute Gasteiger partial charge is 0.282 e. The van der Waals surface area contributed by atoms with Crippen molar-refractivity contribution in [2.24, 2.45) is 5.10 Å². The molecule has 0 atom stereocenters. The second-order valence-electron chi connectivity index (χ2n) is 9.35. The third-order valence-corrected chi connectivity index (χ3v) is 6.70. The third kappa shape index (κ3) is 5.58. The maximum atomic E-state index is 13.7. The van der Waals surface area contributed by atoms with Crippen molar-refractivity contribution in [2.45, 2.75) is 46.6 Å². The number of hydrogen-bond donors (Lipinski definition) is 0. The van der Waals surface area contributed by atoms with Gasteiger partial charge in [-0.05, 0) is 90.1 Å². The summed E-state index contributed by atoms with van der Waals surface area (Å²) >= 11 is 9.86. The minimum Gasteiger partial charge on any atom is -0.496 e. The molecule has 1 aromatic heterocycles. The van der Waals surface area contributed by atoms with Gasteiger partial charge in [-0.3, -0.25) is 4.79 Å². The number of fused-ring (bicyclic) bond motifs is 1. The van der Waals surface area contributed by atoms with Crippen LogP contribution in [0.15, 0.2) is 62.9 Å².